The number of carbonyl (C=O) groups is 1. The molecule has 0 fully saturated rings. The van der Waals surface area contributed by atoms with Crippen LogP contribution in [-0.2, 0) is 16.0 Å². The number of imidazole rings is 1. The van der Waals surface area contributed by atoms with Gasteiger partial charge in [0.1, 0.15) is 11.9 Å². The third-order valence-corrected chi connectivity index (χ3v) is 5.38. The van der Waals surface area contributed by atoms with E-state index in [9.17, 15) is 4.79 Å². The number of carbonyl (C=O) groups excluding carboxylic acids is 1. The minimum atomic E-state index is -0.388. The predicted octanol–water partition coefficient (Wildman–Crippen LogP) is 4.65. The standard InChI is InChI=1S/C21H23Cl2N3O2/c1-3-18(21(27)24-11-12-28-2)26-19-10-5-4-9-17(19)25-20(26)13-14-15(22)7-6-8-16(14)23/h4-10,18H,3,11-13H2,1-2H3,(H,24,27)/t18-/m1/s1. The van der Waals surface area contributed by atoms with E-state index < -0.39 is 0 Å². The van der Waals surface area contributed by atoms with Crippen molar-refractivity contribution < 1.29 is 9.53 Å². The van der Waals surface area contributed by atoms with Crippen LogP contribution in [0.4, 0.5) is 0 Å². The summed E-state index contributed by atoms with van der Waals surface area (Å²) in [7, 11) is 1.61. The summed E-state index contributed by atoms with van der Waals surface area (Å²) in [5.41, 5.74) is 2.55. The summed E-state index contributed by atoms with van der Waals surface area (Å²) in [6.07, 6.45) is 1.07. The van der Waals surface area contributed by atoms with Gasteiger partial charge >= 0.3 is 0 Å². The van der Waals surface area contributed by atoms with Crippen molar-refractivity contribution in [1.82, 2.24) is 14.9 Å². The quantitative estimate of drug-likeness (QED) is 0.540. The molecular weight excluding hydrogens is 397 g/mol. The van der Waals surface area contributed by atoms with Crippen molar-refractivity contribution in [2.24, 2.45) is 0 Å². The Morgan fingerprint density at radius 2 is 1.89 bits per heavy atom. The number of ether oxygens (including phenoxy) is 1. The maximum Gasteiger partial charge on any atom is 0.243 e. The summed E-state index contributed by atoms with van der Waals surface area (Å²) in [5, 5.41) is 4.11. The van der Waals surface area contributed by atoms with Crippen molar-refractivity contribution in [2.45, 2.75) is 25.8 Å². The zero-order valence-electron chi connectivity index (χ0n) is 15.9. The molecule has 148 valence electrons. The predicted molar refractivity (Wildman–Crippen MR) is 113 cm³/mol. The monoisotopic (exact) mass is 419 g/mol. The van der Waals surface area contributed by atoms with Crippen LogP contribution in [0.2, 0.25) is 10.0 Å². The summed E-state index contributed by atoms with van der Waals surface area (Å²) in [6, 6.07) is 12.9. The zero-order valence-corrected chi connectivity index (χ0v) is 17.4. The second-order valence-corrected chi connectivity index (χ2v) is 7.29. The molecule has 0 radical (unpaired) electrons. The fourth-order valence-corrected chi connectivity index (χ4v) is 3.84. The van der Waals surface area contributed by atoms with Gasteiger partial charge in [-0.15, -0.1) is 0 Å². The number of amides is 1. The van der Waals surface area contributed by atoms with E-state index in [1.54, 1.807) is 7.11 Å². The average Bonchev–Trinajstić information content (AvgIpc) is 3.04. The van der Waals surface area contributed by atoms with Gasteiger partial charge in [-0.25, -0.2) is 4.98 Å². The van der Waals surface area contributed by atoms with Crippen LogP contribution in [0.5, 0.6) is 0 Å². The molecule has 2 aromatic carbocycles. The number of nitrogens with zero attached hydrogens (tertiary/aromatic N) is 2. The highest BCUT2D eigenvalue weighted by Gasteiger charge is 2.24. The van der Waals surface area contributed by atoms with Crippen LogP contribution < -0.4 is 5.32 Å². The molecule has 0 bridgehead atoms. The van der Waals surface area contributed by atoms with Crippen molar-refractivity contribution in [3.63, 3.8) is 0 Å². The smallest absolute Gasteiger partial charge is 0.243 e. The number of hydrogen-bond donors (Lipinski definition) is 1. The molecule has 1 N–H and O–H groups in total. The Labute approximate surface area is 174 Å². The summed E-state index contributed by atoms with van der Waals surface area (Å²) in [6.45, 7) is 2.92. The summed E-state index contributed by atoms with van der Waals surface area (Å²) >= 11 is 12.8. The highest BCUT2D eigenvalue weighted by molar-refractivity contribution is 6.36. The second-order valence-electron chi connectivity index (χ2n) is 6.47. The largest absolute Gasteiger partial charge is 0.383 e. The van der Waals surface area contributed by atoms with Crippen LogP contribution in [-0.4, -0.2) is 35.7 Å². The third kappa shape index (κ3) is 4.32. The van der Waals surface area contributed by atoms with Crippen molar-refractivity contribution >= 4 is 40.1 Å². The number of methoxy groups -OCH3 is 1. The molecule has 1 atom stereocenters. The first-order valence-corrected chi connectivity index (χ1v) is 9.97. The van der Waals surface area contributed by atoms with Gasteiger partial charge < -0.3 is 14.6 Å². The highest BCUT2D eigenvalue weighted by atomic mass is 35.5. The summed E-state index contributed by atoms with van der Waals surface area (Å²) in [5.74, 6) is 0.694. The number of fused-ring (bicyclic) bond motifs is 1. The van der Waals surface area contributed by atoms with Crippen molar-refractivity contribution in [1.29, 1.82) is 0 Å². The molecule has 0 aliphatic carbocycles. The molecule has 3 aromatic rings. The minimum Gasteiger partial charge on any atom is -0.383 e. The van der Waals surface area contributed by atoms with Gasteiger partial charge in [0, 0.05) is 30.1 Å². The molecule has 0 saturated heterocycles. The highest BCUT2D eigenvalue weighted by Crippen LogP contribution is 2.30. The van der Waals surface area contributed by atoms with Gasteiger partial charge in [0.2, 0.25) is 5.91 Å². The zero-order chi connectivity index (χ0) is 20.1. The Balaban J connectivity index is 2.04. The molecule has 1 amide bonds. The van der Waals surface area contributed by atoms with Crippen molar-refractivity contribution in [2.75, 3.05) is 20.3 Å². The fraction of sp³-hybridized carbons (Fsp3) is 0.333. The first-order valence-electron chi connectivity index (χ1n) is 9.22. The molecule has 3 rings (SSSR count). The Morgan fingerprint density at radius 1 is 1.18 bits per heavy atom. The van der Waals surface area contributed by atoms with E-state index in [0.29, 0.717) is 36.0 Å². The lowest BCUT2D eigenvalue weighted by molar-refractivity contribution is -0.124. The van der Waals surface area contributed by atoms with E-state index in [4.69, 9.17) is 32.9 Å². The van der Waals surface area contributed by atoms with Crippen LogP contribution >= 0.6 is 23.2 Å². The first-order chi connectivity index (χ1) is 13.6. The van der Waals surface area contributed by atoms with E-state index in [-0.39, 0.29) is 11.9 Å². The van der Waals surface area contributed by atoms with Gasteiger partial charge in [-0.1, -0.05) is 48.3 Å². The van der Waals surface area contributed by atoms with Crippen LogP contribution in [0.3, 0.4) is 0 Å². The van der Waals surface area contributed by atoms with E-state index in [2.05, 4.69) is 5.32 Å². The maximum absolute atomic E-state index is 12.9. The molecular formula is C21H23Cl2N3O2. The average molecular weight is 420 g/mol. The van der Waals surface area contributed by atoms with Crippen LogP contribution in [0.1, 0.15) is 30.8 Å². The normalized spacial score (nSPS) is 12.3. The molecule has 0 aliphatic heterocycles. The maximum atomic E-state index is 12.9. The lowest BCUT2D eigenvalue weighted by Gasteiger charge is -2.20. The Kier molecular flexibility index (Phi) is 6.94. The summed E-state index contributed by atoms with van der Waals surface area (Å²) < 4.78 is 7.03. The number of rotatable bonds is 8. The second kappa shape index (κ2) is 9.41. The first kappa shape index (κ1) is 20.6. The third-order valence-electron chi connectivity index (χ3n) is 4.67. The van der Waals surface area contributed by atoms with E-state index in [1.165, 1.54) is 0 Å². The molecule has 5 nitrogen and oxygen atoms in total. The van der Waals surface area contributed by atoms with Crippen molar-refractivity contribution in [3.05, 3.63) is 63.9 Å². The molecule has 0 spiro atoms. The molecule has 1 heterocycles. The Bertz CT molecular complexity index is 951. The SMILES string of the molecule is CC[C@H](C(=O)NCCOC)n1c(Cc2c(Cl)cccc2Cl)nc2ccccc21. The van der Waals surface area contributed by atoms with Crippen molar-refractivity contribution in [3.8, 4) is 0 Å². The number of benzene rings is 2. The van der Waals surface area contributed by atoms with Crippen LogP contribution in [0.25, 0.3) is 11.0 Å². The van der Waals surface area contributed by atoms with Gasteiger partial charge in [0.25, 0.3) is 0 Å². The number of para-hydroxylation sites is 2. The van der Waals surface area contributed by atoms with Crippen LogP contribution in [0, 0.1) is 0 Å². The number of halogens is 2. The van der Waals surface area contributed by atoms with Gasteiger partial charge in [0.05, 0.1) is 17.6 Å². The van der Waals surface area contributed by atoms with Gasteiger partial charge in [0.15, 0.2) is 0 Å². The number of hydrogen-bond acceptors (Lipinski definition) is 3. The minimum absolute atomic E-state index is 0.0609. The number of nitrogens with one attached hydrogen (secondary N) is 1. The molecule has 0 aliphatic rings. The molecule has 7 heteroatoms. The van der Waals surface area contributed by atoms with Gasteiger partial charge in [-0.2, -0.15) is 0 Å². The molecule has 0 unspecified atom stereocenters. The van der Waals surface area contributed by atoms with E-state index in [0.717, 1.165) is 22.4 Å². The lowest BCUT2D eigenvalue weighted by atomic mass is 10.1. The lowest BCUT2D eigenvalue weighted by Crippen LogP contribution is -2.35. The van der Waals surface area contributed by atoms with Gasteiger partial charge in [-0.3, -0.25) is 4.79 Å². The van der Waals surface area contributed by atoms with Crippen LogP contribution in [0.15, 0.2) is 42.5 Å². The molecule has 1 aromatic heterocycles. The van der Waals surface area contributed by atoms with E-state index >= 15 is 0 Å². The Hall–Kier alpha value is -2.08. The number of aromatic nitrogens is 2. The molecule has 28 heavy (non-hydrogen) atoms. The van der Waals surface area contributed by atoms with E-state index in [1.807, 2.05) is 54.0 Å². The fourth-order valence-electron chi connectivity index (χ4n) is 3.31. The van der Waals surface area contributed by atoms with Gasteiger partial charge in [-0.05, 0) is 36.2 Å². The molecule has 0 saturated carbocycles. The Morgan fingerprint density at radius 3 is 2.57 bits per heavy atom. The topological polar surface area (TPSA) is 56.1 Å². The summed E-state index contributed by atoms with van der Waals surface area (Å²) in [4.78, 5) is 17.6.